The molecule has 2 unspecified atom stereocenters. The lowest BCUT2D eigenvalue weighted by Gasteiger charge is -2.19. The van der Waals surface area contributed by atoms with Gasteiger partial charge >= 0.3 is 19.8 Å². The fraction of sp³-hybridized carbons (Fsp3) is 0.739. The Labute approximate surface area is 342 Å². The summed E-state index contributed by atoms with van der Waals surface area (Å²) >= 11 is 0. The van der Waals surface area contributed by atoms with E-state index < -0.39 is 32.5 Å². The van der Waals surface area contributed by atoms with Crippen LogP contribution in [0.2, 0.25) is 0 Å². The number of unbranched alkanes of at least 4 members (excludes halogenated alkanes) is 18. The van der Waals surface area contributed by atoms with Crippen molar-refractivity contribution < 1.29 is 37.6 Å². The molecule has 0 aromatic carbocycles. The van der Waals surface area contributed by atoms with E-state index in [4.69, 9.17) is 24.3 Å². The highest BCUT2D eigenvalue weighted by atomic mass is 31.2. The third kappa shape index (κ3) is 41.3. The molecule has 10 heteroatoms. The Balaban J connectivity index is 4.20. The van der Waals surface area contributed by atoms with E-state index in [0.717, 1.165) is 89.9 Å². The van der Waals surface area contributed by atoms with E-state index in [1.165, 1.54) is 57.8 Å². The first kappa shape index (κ1) is 53.7. The molecule has 0 saturated carbocycles. The molecule has 324 valence electrons. The van der Waals surface area contributed by atoms with Crippen LogP contribution in [0.15, 0.2) is 60.8 Å². The first-order valence-electron chi connectivity index (χ1n) is 22.3. The molecule has 0 aliphatic rings. The number of rotatable bonds is 41. The number of carbonyl (C=O) groups excluding carboxylic acids is 2. The first-order valence-corrected chi connectivity index (χ1v) is 23.8. The molecule has 0 bridgehead atoms. The molecule has 3 N–H and O–H groups in total. The molecule has 0 aromatic rings. The summed E-state index contributed by atoms with van der Waals surface area (Å²) in [6.45, 7) is 3.65. The van der Waals surface area contributed by atoms with Crippen molar-refractivity contribution in [1.82, 2.24) is 0 Å². The van der Waals surface area contributed by atoms with Crippen LogP contribution < -0.4 is 5.73 Å². The summed E-state index contributed by atoms with van der Waals surface area (Å²) in [7, 11) is -4.39. The molecule has 0 saturated heterocycles. The van der Waals surface area contributed by atoms with E-state index in [2.05, 4.69) is 74.6 Å². The number of esters is 2. The van der Waals surface area contributed by atoms with Gasteiger partial charge in [0.15, 0.2) is 6.10 Å². The minimum absolute atomic E-state index is 0.0464. The minimum atomic E-state index is -4.39. The van der Waals surface area contributed by atoms with Gasteiger partial charge in [0.25, 0.3) is 0 Å². The third-order valence-electron chi connectivity index (χ3n) is 9.13. The predicted molar refractivity (Wildman–Crippen MR) is 233 cm³/mol. The van der Waals surface area contributed by atoms with Crippen molar-refractivity contribution in [2.75, 3.05) is 26.4 Å². The summed E-state index contributed by atoms with van der Waals surface area (Å²) in [6.07, 6.45) is 49.6. The zero-order valence-electron chi connectivity index (χ0n) is 35.6. The number of allylic oxidation sites excluding steroid dienone is 10. The molecule has 0 radical (unpaired) electrons. The van der Waals surface area contributed by atoms with Crippen molar-refractivity contribution in [3.63, 3.8) is 0 Å². The molecule has 0 rings (SSSR count). The zero-order valence-corrected chi connectivity index (χ0v) is 36.5. The second kappa shape index (κ2) is 42.3. The predicted octanol–water partition coefficient (Wildman–Crippen LogP) is 12.9. The number of phosphoric acid groups is 1. The topological polar surface area (TPSA) is 134 Å². The van der Waals surface area contributed by atoms with Crippen molar-refractivity contribution in [3.8, 4) is 0 Å². The Morgan fingerprint density at radius 1 is 0.536 bits per heavy atom. The van der Waals surface area contributed by atoms with Crippen molar-refractivity contribution in [2.24, 2.45) is 5.73 Å². The molecule has 9 nitrogen and oxygen atoms in total. The van der Waals surface area contributed by atoms with E-state index in [1.54, 1.807) is 0 Å². The average Bonchev–Trinajstić information content (AvgIpc) is 3.18. The average molecular weight is 808 g/mol. The van der Waals surface area contributed by atoms with Crippen LogP contribution in [-0.4, -0.2) is 49.3 Å². The van der Waals surface area contributed by atoms with E-state index in [9.17, 15) is 19.0 Å². The summed E-state index contributed by atoms with van der Waals surface area (Å²) in [5, 5.41) is 0. The normalized spacial score (nSPS) is 13.9. The Hall–Kier alpha value is -2.29. The van der Waals surface area contributed by atoms with Crippen molar-refractivity contribution >= 4 is 19.8 Å². The van der Waals surface area contributed by atoms with Crippen LogP contribution in [0, 0.1) is 0 Å². The summed E-state index contributed by atoms with van der Waals surface area (Å²) in [6, 6.07) is 0. The van der Waals surface area contributed by atoms with E-state index in [0.29, 0.717) is 12.8 Å². The van der Waals surface area contributed by atoms with Gasteiger partial charge in [0, 0.05) is 19.4 Å². The molecule has 0 aliphatic carbocycles. The highest BCUT2D eigenvalue weighted by Gasteiger charge is 2.26. The zero-order chi connectivity index (χ0) is 41.1. The standard InChI is InChI=1S/C46H82NO8P/c1-3-5-7-9-11-13-15-17-19-21-22-23-25-27-29-31-33-35-37-39-46(49)55-44(43-54-56(50,51)53-41-40-47)42-52-45(48)38-36-34-32-30-28-26-24-20-18-16-14-12-10-8-6-4-2/h11,13-14,16-17,19-20,22-24,44H,3-10,12,15,18,21,25-43,47H2,1-2H3,(H,50,51)/b13-11-,16-14-,19-17-,23-22-,24-20-. The second-order valence-electron chi connectivity index (χ2n) is 14.6. The number of hydrogen-bond acceptors (Lipinski definition) is 8. The van der Waals surface area contributed by atoms with Gasteiger partial charge in [-0.3, -0.25) is 18.6 Å². The lowest BCUT2D eigenvalue weighted by Crippen LogP contribution is -2.29. The van der Waals surface area contributed by atoms with Gasteiger partial charge < -0.3 is 20.1 Å². The Morgan fingerprint density at radius 3 is 1.41 bits per heavy atom. The highest BCUT2D eigenvalue weighted by Crippen LogP contribution is 2.43. The second-order valence-corrected chi connectivity index (χ2v) is 16.0. The number of carbonyl (C=O) groups is 2. The van der Waals surface area contributed by atoms with Gasteiger partial charge in [-0.25, -0.2) is 4.57 Å². The summed E-state index contributed by atoms with van der Waals surface area (Å²) in [5.41, 5.74) is 5.35. The van der Waals surface area contributed by atoms with Gasteiger partial charge in [-0.15, -0.1) is 0 Å². The number of ether oxygens (including phenoxy) is 2. The Bertz CT molecular complexity index is 1100. The quantitative estimate of drug-likeness (QED) is 0.0268. The van der Waals surface area contributed by atoms with Gasteiger partial charge in [0.1, 0.15) is 6.61 Å². The first-order chi connectivity index (χ1) is 27.3. The van der Waals surface area contributed by atoms with Crippen molar-refractivity contribution in [1.29, 1.82) is 0 Å². The molecular weight excluding hydrogens is 725 g/mol. The van der Waals surface area contributed by atoms with Crippen LogP contribution >= 0.6 is 7.82 Å². The number of hydrogen-bond donors (Lipinski definition) is 2. The largest absolute Gasteiger partial charge is 0.472 e. The van der Waals surface area contributed by atoms with Crippen molar-refractivity contribution in [3.05, 3.63) is 60.8 Å². The van der Waals surface area contributed by atoms with Gasteiger partial charge in [0.05, 0.1) is 13.2 Å². The van der Waals surface area contributed by atoms with Crippen LogP contribution in [-0.2, 0) is 32.7 Å². The lowest BCUT2D eigenvalue weighted by atomic mass is 10.1. The number of nitrogens with two attached hydrogens (primary N) is 1. The smallest absolute Gasteiger partial charge is 0.462 e. The SMILES string of the molecule is CCCCC/C=C\C/C=C\C/C=C\CCCCCCCCC(=O)OC(COC(=O)CCCCCCC/C=C\C/C=C\CCCCCC)COP(=O)(O)OCCN. The van der Waals surface area contributed by atoms with Crippen LogP contribution in [0.1, 0.15) is 187 Å². The van der Waals surface area contributed by atoms with Crippen LogP contribution in [0.4, 0.5) is 0 Å². The third-order valence-corrected chi connectivity index (χ3v) is 10.1. The molecule has 2 atom stereocenters. The van der Waals surface area contributed by atoms with Gasteiger partial charge in [-0.05, 0) is 83.5 Å². The van der Waals surface area contributed by atoms with E-state index >= 15 is 0 Å². The summed E-state index contributed by atoms with van der Waals surface area (Å²) in [4.78, 5) is 34.9. The van der Waals surface area contributed by atoms with Crippen LogP contribution in [0.25, 0.3) is 0 Å². The summed E-state index contributed by atoms with van der Waals surface area (Å²) in [5.74, 6) is -0.862. The maximum atomic E-state index is 12.6. The van der Waals surface area contributed by atoms with Gasteiger partial charge in [0.2, 0.25) is 0 Å². The molecular formula is C46H82NO8P. The van der Waals surface area contributed by atoms with Crippen LogP contribution in [0.5, 0.6) is 0 Å². The van der Waals surface area contributed by atoms with E-state index in [1.807, 2.05) is 0 Å². The maximum Gasteiger partial charge on any atom is 0.472 e. The summed E-state index contributed by atoms with van der Waals surface area (Å²) < 4.78 is 32.8. The van der Waals surface area contributed by atoms with Gasteiger partial charge in [-0.1, -0.05) is 152 Å². The van der Waals surface area contributed by atoms with Crippen molar-refractivity contribution in [2.45, 2.75) is 193 Å². The molecule has 0 aromatic heterocycles. The minimum Gasteiger partial charge on any atom is -0.462 e. The molecule has 0 aliphatic heterocycles. The molecule has 56 heavy (non-hydrogen) atoms. The highest BCUT2D eigenvalue weighted by molar-refractivity contribution is 7.47. The lowest BCUT2D eigenvalue weighted by molar-refractivity contribution is -0.161. The Kier molecular flexibility index (Phi) is 40.6. The number of phosphoric ester groups is 1. The molecule has 0 spiro atoms. The monoisotopic (exact) mass is 808 g/mol. The molecule has 0 fully saturated rings. The van der Waals surface area contributed by atoms with Gasteiger partial charge in [-0.2, -0.15) is 0 Å². The molecule has 0 amide bonds. The van der Waals surface area contributed by atoms with Crippen LogP contribution in [0.3, 0.4) is 0 Å². The molecule has 0 heterocycles. The fourth-order valence-corrected chi connectivity index (χ4v) is 6.55. The Morgan fingerprint density at radius 2 is 0.929 bits per heavy atom. The maximum absolute atomic E-state index is 12.6. The van der Waals surface area contributed by atoms with E-state index in [-0.39, 0.29) is 32.6 Å². The fourth-order valence-electron chi connectivity index (χ4n) is 5.79.